The van der Waals surface area contributed by atoms with Crippen LogP contribution in [-0.4, -0.2) is 25.0 Å². The first-order chi connectivity index (χ1) is 15.5. The van der Waals surface area contributed by atoms with Crippen molar-refractivity contribution in [3.8, 4) is 5.75 Å². The first-order valence-corrected chi connectivity index (χ1v) is 10.6. The summed E-state index contributed by atoms with van der Waals surface area (Å²) in [7, 11) is 0. The SMILES string of the molecule is C=C(C)CN1C(=O)COc2cc(NC(=O)CC(c3ccccc3)c3ccccc3)ccc21. The molecule has 2 amide bonds. The molecule has 0 unspecified atom stereocenters. The lowest BCUT2D eigenvalue weighted by Crippen LogP contribution is -2.39. The Balaban J connectivity index is 1.52. The van der Waals surface area contributed by atoms with Gasteiger partial charge in [0, 0.05) is 30.6 Å². The molecule has 0 spiro atoms. The fourth-order valence-corrected chi connectivity index (χ4v) is 3.92. The van der Waals surface area contributed by atoms with E-state index in [9.17, 15) is 9.59 Å². The van der Waals surface area contributed by atoms with E-state index < -0.39 is 0 Å². The number of nitrogens with one attached hydrogen (secondary N) is 1. The van der Waals surface area contributed by atoms with Crippen LogP contribution in [0.3, 0.4) is 0 Å². The molecule has 32 heavy (non-hydrogen) atoms. The molecule has 0 bridgehead atoms. The molecule has 4 rings (SSSR count). The molecule has 5 heteroatoms. The Labute approximate surface area is 188 Å². The second-order valence-corrected chi connectivity index (χ2v) is 8.03. The number of hydrogen-bond acceptors (Lipinski definition) is 3. The smallest absolute Gasteiger partial charge is 0.265 e. The summed E-state index contributed by atoms with van der Waals surface area (Å²) in [5.41, 5.74) is 4.40. The molecular weight excluding hydrogens is 400 g/mol. The Morgan fingerprint density at radius 2 is 1.66 bits per heavy atom. The van der Waals surface area contributed by atoms with E-state index >= 15 is 0 Å². The van der Waals surface area contributed by atoms with Gasteiger partial charge in [-0.25, -0.2) is 0 Å². The Morgan fingerprint density at radius 3 is 2.25 bits per heavy atom. The molecule has 0 saturated heterocycles. The van der Waals surface area contributed by atoms with Gasteiger partial charge in [0.05, 0.1) is 5.69 Å². The van der Waals surface area contributed by atoms with Crippen molar-refractivity contribution in [3.63, 3.8) is 0 Å². The van der Waals surface area contributed by atoms with Gasteiger partial charge in [0.1, 0.15) is 5.75 Å². The maximum Gasteiger partial charge on any atom is 0.265 e. The van der Waals surface area contributed by atoms with E-state index in [1.807, 2.05) is 67.6 Å². The summed E-state index contributed by atoms with van der Waals surface area (Å²) in [5.74, 6) is 0.334. The lowest BCUT2D eigenvalue weighted by Gasteiger charge is -2.30. The van der Waals surface area contributed by atoms with Crippen LogP contribution in [0.5, 0.6) is 5.75 Å². The maximum absolute atomic E-state index is 13.0. The van der Waals surface area contributed by atoms with Gasteiger partial charge < -0.3 is 15.0 Å². The number of rotatable bonds is 7. The highest BCUT2D eigenvalue weighted by Crippen LogP contribution is 2.35. The number of benzene rings is 3. The highest BCUT2D eigenvalue weighted by atomic mass is 16.5. The number of carbonyl (C=O) groups is 2. The lowest BCUT2D eigenvalue weighted by molar-refractivity contribution is -0.121. The highest BCUT2D eigenvalue weighted by molar-refractivity contribution is 5.99. The molecule has 3 aromatic carbocycles. The van der Waals surface area contributed by atoms with E-state index in [1.54, 1.807) is 23.1 Å². The summed E-state index contributed by atoms with van der Waals surface area (Å²) in [6.45, 7) is 6.20. The molecule has 5 nitrogen and oxygen atoms in total. The molecule has 1 aliphatic heterocycles. The van der Waals surface area contributed by atoms with E-state index in [0.29, 0.717) is 30.1 Å². The van der Waals surface area contributed by atoms with Gasteiger partial charge in [-0.05, 0) is 30.2 Å². The standard InChI is InChI=1S/C27H26N2O3/c1-19(2)17-29-24-14-13-22(15-25(24)32-18-27(29)31)28-26(30)16-23(20-9-5-3-6-10-20)21-11-7-4-8-12-21/h3-15,23H,1,16-18H2,2H3,(H,28,30). The third kappa shape index (κ3) is 4.89. The predicted molar refractivity (Wildman–Crippen MR) is 127 cm³/mol. The monoisotopic (exact) mass is 426 g/mol. The second-order valence-electron chi connectivity index (χ2n) is 8.03. The first kappa shape index (κ1) is 21.4. The Kier molecular flexibility index (Phi) is 6.36. The Morgan fingerprint density at radius 1 is 1.03 bits per heavy atom. The number of anilines is 2. The fourth-order valence-electron chi connectivity index (χ4n) is 3.92. The molecule has 3 aromatic rings. The molecule has 0 atom stereocenters. The zero-order valence-electron chi connectivity index (χ0n) is 18.1. The number of carbonyl (C=O) groups excluding carboxylic acids is 2. The van der Waals surface area contributed by atoms with E-state index in [1.165, 1.54) is 0 Å². The van der Waals surface area contributed by atoms with Crippen molar-refractivity contribution >= 4 is 23.2 Å². The van der Waals surface area contributed by atoms with Gasteiger partial charge in [-0.1, -0.05) is 72.8 Å². The Bertz CT molecular complexity index is 1090. The van der Waals surface area contributed by atoms with Crippen LogP contribution in [0.25, 0.3) is 0 Å². The number of nitrogens with zero attached hydrogens (tertiary/aromatic N) is 1. The summed E-state index contributed by atoms with van der Waals surface area (Å²) in [5, 5.41) is 2.99. The van der Waals surface area contributed by atoms with Crippen LogP contribution >= 0.6 is 0 Å². The first-order valence-electron chi connectivity index (χ1n) is 10.6. The molecule has 0 fully saturated rings. The third-order valence-electron chi connectivity index (χ3n) is 5.41. The van der Waals surface area contributed by atoms with Gasteiger partial charge in [0.15, 0.2) is 6.61 Å². The summed E-state index contributed by atoms with van der Waals surface area (Å²) in [4.78, 5) is 26.9. The average Bonchev–Trinajstić information content (AvgIpc) is 2.80. The molecule has 1 aliphatic rings. The predicted octanol–water partition coefficient (Wildman–Crippen LogP) is 5.15. The second kappa shape index (κ2) is 9.52. The summed E-state index contributed by atoms with van der Waals surface area (Å²) >= 11 is 0. The van der Waals surface area contributed by atoms with Crippen LogP contribution in [-0.2, 0) is 9.59 Å². The molecule has 0 aliphatic carbocycles. The van der Waals surface area contributed by atoms with Gasteiger partial charge in [-0.3, -0.25) is 9.59 Å². The van der Waals surface area contributed by atoms with Crippen molar-refractivity contribution < 1.29 is 14.3 Å². The number of hydrogen-bond donors (Lipinski definition) is 1. The van der Waals surface area contributed by atoms with Crippen LogP contribution in [0.4, 0.5) is 11.4 Å². The van der Waals surface area contributed by atoms with E-state index in [0.717, 1.165) is 16.7 Å². The number of amides is 2. The summed E-state index contributed by atoms with van der Waals surface area (Å²) < 4.78 is 5.62. The zero-order chi connectivity index (χ0) is 22.5. The molecule has 1 heterocycles. The maximum atomic E-state index is 13.0. The zero-order valence-corrected chi connectivity index (χ0v) is 18.1. The van der Waals surface area contributed by atoms with E-state index in [4.69, 9.17) is 4.74 Å². The quantitative estimate of drug-likeness (QED) is 0.532. The van der Waals surface area contributed by atoms with Gasteiger partial charge in [0.25, 0.3) is 5.91 Å². The van der Waals surface area contributed by atoms with Crippen LogP contribution in [0, 0.1) is 0 Å². The molecule has 162 valence electrons. The average molecular weight is 427 g/mol. The normalized spacial score (nSPS) is 12.8. The minimum Gasteiger partial charge on any atom is -0.481 e. The molecular formula is C27H26N2O3. The summed E-state index contributed by atoms with van der Waals surface area (Å²) in [6.07, 6.45) is 0.312. The van der Waals surface area contributed by atoms with Crippen molar-refractivity contribution in [2.24, 2.45) is 0 Å². The van der Waals surface area contributed by atoms with Crippen molar-refractivity contribution in [3.05, 3.63) is 102 Å². The molecule has 1 N–H and O–H groups in total. The molecule has 0 saturated carbocycles. The minimum absolute atomic E-state index is 0.0260. The highest BCUT2D eigenvalue weighted by Gasteiger charge is 2.26. The fraction of sp³-hybridized carbons (Fsp3) is 0.185. The van der Waals surface area contributed by atoms with Gasteiger partial charge in [-0.2, -0.15) is 0 Å². The van der Waals surface area contributed by atoms with E-state index in [-0.39, 0.29) is 24.3 Å². The van der Waals surface area contributed by atoms with Gasteiger partial charge >= 0.3 is 0 Å². The van der Waals surface area contributed by atoms with Gasteiger partial charge in [0.2, 0.25) is 5.91 Å². The van der Waals surface area contributed by atoms with Crippen LogP contribution in [0.2, 0.25) is 0 Å². The van der Waals surface area contributed by atoms with Crippen LogP contribution in [0.15, 0.2) is 91.0 Å². The van der Waals surface area contributed by atoms with Crippen molar-refractivity contribution in [1.82, 2.24) is 0 Å². The van der Waals surface area contributed by atoms with Crippen LogP contribution < -0.4 is 15.0 Å². The number of ether oxygens (including phenoxy) is 1. The minimum atomic E-state index is -0.106. The Hall–Kier alpha value is -3.86. The largest absolute Gasteiger partial charge is 0.481 e. The molecule has 0 aromatic heterocycles. The van der Waals surface area contributed by atoms with Crippen LogP contribution in [0.1, 0.15) is 30.4 Å². The summed E-state index contributed by atoms with van der Waals surface area (Å²) in [6, 6.07) is 25.5. The topological polar surface area (TPSA) is 58.6 Å². The van der Waals surface area contributed by atoms with E-state index in [2.05, 4.69) is 11.9 Å². The number of fused-ring (bicyclic) bond motifs is 1. The van der Waals surface area contributed by atoms with Crippen molar-refractivity contribution in [1.29, 1.82) is 0 Å². The van der Waals surface area contributed by atoms with Crippen molar-refractivity contribution in [2.45, 2.75) is 19.3 Å². The molecule has 0 radical (unpaired) electrons. The van der Waals surface area contributed by atoms with Crippen molar-refractivity contribution in [2.75, 3.05) is 23.4 Å². The van der Waals surface area contributed by atoms with Gasteiger partial charge in [-0.15, -0.1) is 0 Å². The third-order valence-corrected chi connectivity index (χ3v) is 5.41. The lowest BCUT2D eigenvalue weighted by atomic mass is 9.88.